The van der Waals surface area contributed by atoms with Gasteiger partial charge in [-0.05, 0) is 43.1 Å². The SMILES string of the molecule is CN(C)CCCn1nnnc1SCC1=C(C(=O)O)N2C(=O)C(NC(=O)C(=NO)c3csc(=N)[nH]3)[C@@H]2SC1. The molecule has 2 aromatic heterocycles. The summed E-state index contributed by atoms with van der Waals surface area (Å²) in [4.78, 5) is 43.6. The monoisotopic (exact) mass is 568 g/mol. The maximum Gasteiger partial charge on any atom is 0.352 e. The number of thioether (sulfide) groups is 2. The average Bonchev–Trinajstić information content (AvgIpc) is 3.49. The molecule has 2 atom stereocenters. The molecule has 1 saturated heterocycles. The Morgan fingerprint density at radius 2 is 2.22 bits per heavy atom. The molecule has 0 bridgehead atoms. The number of carboxylic acid groups (broad SMARTS) is 1. The van der Waals surface area contributed by atoms with Gasteiger partial charge in [-0.3, -0.25) is 19.9 Å². The van der Waals surface area contributed by atoms with Gasteiger partial charge >= 0.3 is 5.97 Å². The number of fused-ring (bicyclic) bond motifs is 1. The minimum absolute atomic E-state index is 0.0573. The molecule has 198 valence electrons. The number of nitrogens with zero attached hydrogens (tertiary/aromatic N) is 7. The second-order valence-corrected chi connectivity index (χ2v) is 11.2. The third-order valence-electron chi connectivity index (χ3n) is 5.50. The number of aliphatic carboxylic acids is 1. The number of oxime groups is 1. The summed E-state index contributed by atoms with van der Waals surface area (Å²) < 4.78 is 1.67. The van der Waals surface area contributed by atoms with Crippen LogP contribution >= 0.6 is 34.9 Å². The Labute approximate surface area is 222 Å². The first-order valence-electron chi connectivity index (χ1n) is 10.9. The van der Waals surface area contributed by atoms with Gasteiger partial charge in [-0.15, -0.1) is 28.2 Å². The third-order valence-corrected chi connectivity index (χ3v) is 8.57. The molecule has 15 nitrogen and oxygen atoms in total. The van der Waals surface area contributed by atoms with Crippen LogP contribution in [-0.2, 0) is 20.9 Å². The van der Waals surface area contributed by atoms with E-state index in [-0.39, 0.29) is 27.7 Å². The lowest BCUT2D eigenvalue weighted by molar-refractivity contribution is -0.150. The number of carboxylic acids is 1. The lowest BCUT2D eigenvalue weighted by atomic mass is 10.0. The molecule has 18 heteroatoms. The fraction of sp³-hybridized carbons (Fsp3) is 0.474. The number of thiazole rings is 1. The summed E-state index contributed by atoms with van der Waals surface area (Å²) in [5, 5.41) is 45.3. The molecule has 5 N–H and O–H groups in total. The van der Waals surface area contributed by atoms with E-state index in [0.717, 1.165) is 24.3 Å². The Morgan fingerprint density at radius 3 is 2.86 bits per heavy atom. The lowest BCUT2D eigenvalue weighted by Gasteiger charge is -2.49. The average molecular weight is 569 g/mol. The van der Waals surface area contributed by atoms with Crippen molar-refractivity contribution in [2.45, 2.75) is 29.5 Å². The molecular weight excluding hydrogens is 544 g/mol. The second kappa shape index (κ2) is 11.4. The van der Waals surface area contributed by atoms with Crippen LogP contribution in [0.15, 0.2) is 27.0 Å². The number of H-pyrrole nitrogens is 1. The van der Waals surface area contributed by atoms with E-state index in [2.05, 4.69) is 35.9 Å². The van der Waals surface area contributed by atoms with Gasteiger partial charge in [0.05, 0.1) is 5.69 Å². The van der Waals surface area contributed by atoms with Gasteiger partial charge in [-0.1, -0.05) is 16.9 Å². The summed E-state index contributed by atoms with van der Waals surface area (Å²) in [5.41, 5.74) is 0.188. The van der Waals surface area contributed by atoms with Crippen molar-refractivity contribution in [3.05, 3.63) is 27.1 Å². The van der Waals surface area contributed by atoms with Crippen molar-refractivity contribution in [3.8, 4) is 0 Å². The zero-order valence-corrected chi connectivity index (χ0v) is 22.2. The maximum absolute atomic E-state index is 12.9. The number of rotatable bonds is 11. The van der Waals surface area contributed by atoms with Crippen molar-refractivity contribution >= 4 is 58.4 Å². The van der Waals surface area contributed by atoms with Gasteiger partial charge in [0.1, 0.15) is 17.1 Å². The van der Waals surface area contributed by atoms with E-state index in [9.17, 15) is 24.7 Å². The number of aromatic nitrogens is 5. The van der Waals surface area contributed by atoms with E-state index < -0.39 is 29.2 Å². The summed E-state index contributed by atoms with van der Waals surface area (Å²) in [6, 6.07) is -0.990. The van der Waals surface area contributed by atoms with Gasteiger partial charge < -0.3 is 25.5 Å². The van der Waals surface area contributed by atoms with E-state index in [1.165, 1.54) is 33.8 Å². The molecule has 37 heavy (non-hydrogen) atoms. The minimum Gasteiger partial charge on any atom is -0.477 e. The first-order valence-corrected chi connectivity index (χ1v) is 13.8. The minimum atomic E-state index is -1.24. The van der Waals surface area contributed by atoms with Crippen LogP contribution in [0.2, 0.25) is 0 Å². The number of β-lactam (4-membered cyclic amide) rings is 1. The summed E-state index contributed by atoms with van der Waals surface area (Å²) in [6.45, 7) is 1.49. The Kier molecular flexibility index (Phi) is 8.30. The zero-order valence-electron chi connectivity index (χ0n) is 19.7. The van der Waals surface area contributed by atoms with Crippen LogP contribution in [0.1, 0.15) is 12.1 Å². The predicted molar refractivity (Wildman–Crippen MR) is 134 cm³/mol. The van der Waals surface area contributed by atoms with Crippen LogP contribution in [0.4, 0.5) is 0 Å². The summed E-state index contributed by atoms with van der Waals surface area (Å²) in [6.07, 6.45) is 0.846. The Bertz CT molecular complexity index is 1320. The standard InChI is InChI=1S/C19H24N10O5S3/c1-27(2)4-3-5-28-19(23-25-26-28)37-7-9-6-35-16-12(15(31)29(16)13(9)17(32)33)22-14(30)11(24-34)10-8-36-18(20)21-10/h8,12,16,34H,3-7H2,1-2H3,(H2,20,21)(H,22,30)(H,32,33)/t12?,16-/m0/s1. The van der Waals surface area contributed by atoms with Gasteiger partial charge in [0.2, 0.25) is 5.16 Å². The molecule has 2 aromatic rings. The largest absolute Gasteiger partial charge is 0.477 e. The topological polar surface area (TPSA) is 206 Å². The van der Waals surface area contributed by atoms with Gasteiger partial charge in [0.15, 0.2) is 10.5 Å². The molecule has 2 aliphatic heterocycles. The van der Waals surface area contributed by atoms with E-state index in [4.69, 9.17) is 5.41 Å². The molecule has 2 amide bonds. The molecule has 0 spiro atoms. The van der Waals surface area contributed by atoms with Gasteiger partial charge in [0.25, 0.3) is 11.8 Å². The highest BCUT2D eigenvalue weighted by atomic mass is 32.2. The molecule has 0 aromatic carbocycles. The van der Waals surface area contributed by atoms with Crippen LogP contribution in [0, 0.1) is 5.41 Å². The number of tetrazole rings is 1. The van der Waals surface area contributed by atoms with Crippen LogP contribution in [0.25, 0.3) is 0 Å². The number of carbonyl (C=O) groups excluding carboxylic acids is 2. The molecule has 2 aliphatic rings. The molecule has 1 unspecified atom stereocenters. The fourth-order valence-corrected chi connectivity index (χ4v) is 6.73. The second-order valence-electron chi connectivity index (χ2n) is 8.30. The van der Waals surface area contributed by atoms with Crippen LogP contribution in [-0.4, -0.2) is 112 Å². The molecule has 0 aliphatic carbocycles. The highest BCUT2D eigenvalue weighted by molar-refractivity contribution is 8.01. The maximum atomic E-state index is 12.9. The Balaban J connectivity index is 1.43. The van der Waals surface area contributed by atoms with Gasteiger partial charge in [-0.25, -0.2) is 9.48 Å². The third kappa shape index (κ3) is 5.71. The molecule has 4 heterocycles. The Hall–Kier alpha value is -3.22. The van der Waals surface area contributed by atoms with Crippen LogP contribution < -0.4 is 10.1 Å². The number of nitrogens with one attached hydrogen (secondary N) is 3. The van der Waals surface area contributed by atoms with Crippen molar-refractivity contribution < 1.29 is 24.7 Å². The normalized spacial score (nSPS) is 19.7. The van der Waals surface area contributed by atoms with Crippen molar-refractivity contribution in [2.24, 2.45) is 5.16 Å². The highest BCUT2D eigenvalue weighted by Crippen LogP contribution is 2.41. The highest BCUT2D eigenvalue weighted by Gasteiger charge is 2.54. The number of aryl methyl sites for hydroxylation is 1. The molecule has 4 rings (SSSR count). The predicted octanol–water partition coefficient (Wildman–Crippen LogP) is -0.797. The quantitative estimate of drug-likeness (QED) is 0.0746. The van der Waals surface area contributed by atoms with Crippen LogP contribution in [0.5, 0.6) is 0 Å². The number of hydrogen-bond acceptors (Lipinski definition) is 13. The van der Waals surface area contributed by atoms with E-state index in [1.54, 1.807) is 4.68 Å². The molecule has 1 fully saturated rings. The summed E-state index contributed by atoms with van der Waals surface area (Å²) >= 11 is 3.63. The van der Waals surface area contributed by atoms with Crippen molar-refractivity contribution in [1.29, 1.82) is 5.41 Å². The molecular formula is C19H24N10O5S3. The van der Waals surface area contributed by atoms with Crippen molar-refractivity contribution in [1.82, 2.24) is 40.3 Å². The zero-order chi connectivity index (χ0) is 26.7. The summed E-state index contributed by atoms with van der Waals surface area (Å²) in [5.74, 6) is -2.02. The first kappa shape index (κ1) is 26.8. The number of carbonyl (C=O) groups is 3. The number of amides is 2. The van der Waals surface area contributed by atoms with E-state index in [1.807, 2.05) is 14.1 Å². The fourth-order valence-electron chi connectivity index (χ4n) is 3.77. The number of hydrogen-bond donors (Lipinski definition) is 5. The molecule has 0 radical (unpaired) electrons. The van der Waals surface area contributed by atoms with Crippen molar-refractivity contribution in [2.75, 3.05) is 32.1 Å². The van der Waals surface area contributed by atoms with Gasteiger partial charge in [-0.2, -0.15) is 0 Å². The summed E-state index contributed by atoms with van der Waals surface area (Å²) in [7, 11) is 3.96. The first-order chi connectivity index (χ1) is 17.7. The van der Waals surface area contributed by atoms with Crippen molar-refractivity contribution in [3.63, 3.8) is 0 Å². The van der Waals surface area contributed by atoms with Crippen LogP contribution in [0.3, 0.4) is 0 Å². The van der Waals surface area contributed by atoms with Gasteiger partial charge in [0, 0.05) is 23.4 Å². The number of aromatic amines is 1. The smallest absolute Gasteiger partial charge is 0.352 e. The van der Waals surface area contributed by atoms with E-state index in [0.29, 0.717) is 23.0 Å². The molecule has 0 saturated carbocycles. The Morgan fingerprint density at radius 1 is 1.43 bits per heavy atom. The lowest BCUT2D eigenvalue weighted by Crippen LogP contribution is -2.71. The van der Waals surface area contributed by atoms with E-state index >= 15 is 0 Å².